The smallest absolute Gasteiger partial charge is 0.160 e. The number of morpholine rings is 1. The van der Waals surface area contributed by atoms with Crippen molar-refractivity contribution in [2.45, 2.75) is 18.5 Å². The van der Waals surface area contributed by atoms with Gasteiger partial charge in [-0.15, -0.1) is 0 Å². The molecule has 2 aliphatic rings. The van der Waals surface area contributed by atoms with Crippen LogP contribution in [0.3, 0.4) is 0 Å². The maximum atomic E-state index is 9.88. The van der Waals surface area contributed by atoms with Crippen molar-refractivity contribution in [3.8, 4) is 11.5 Å². The van der Waals surface area contributed by atoms with Crippen molar-refractivity contribution in [1.29, 1.82) is 0 Å². The zero-order chi connectivity index (χ0) is 16.1. The Bertz CT molecular complexity index is 515. The van der Waals surface area contributed by atoms with Gasteiger partial charge in [0.2, 0.25) is 0 Å². The Hall–Kier alpha value is -0.950. The van der Waals surface area contributed by atoms with E-state index in [0.29, 0.717) is 5.75 Å². The van der Waals surface area contributed by atoms with Crippen LogP contribution in [-0.2, 0) is 11.3 Å². The quantitative estimate of drug-likeness (QED) is 0.823. The normalized spacial score (nSPS) is 25.6. The van der Waals surface area contributed by atoms with E-state index in [1.165, 1.54) is 17.9 Å². The van der Waals surface area contributed by atoms with Gasteiger partial charge in [-0.3, -0.25) is 4.90 Å². The molecule has 0 unspecified atom stereocenters. The molecule has 23 heavy (non-hydrogen) atoms. The Morgan fingerprint density at radius 1 is 1.39 bits per heavy atom. The monoisotopic (exact) mass is 338 g/mol. The number of ether oxygens (including phenoxy) is 2. The van der Waals surface area contributed by atoms with Gasteiger partial charge in [0.05, 0.1) is 20.3 Å². The van der Waals surface area contributed by atoms with E-state index in [2.05, 4.69) is 10.2 Å². The van der Waals surface area contributed by atoms with Gasteiger partial charge in [0.15, 0.2) is 11.5 Å². The SMILES string of the molecule is COc1ccc(CNC[C@]2(N3CCOCC3)CCSC2)cc1O. The number of methoxy groups -OCH3 is 1. The Morgan fingerprint density at radius 3 is 2.87 bits per heavy atom. The average Bonchev–Trinajstić information content (AvgIpc) is 3.06. The number of aromatic hydroxyl groups is 1. The molecule has 2 fully saturated rings. The van der Waals surface area contributed by atoms with Crippen molar-refractivity contribution in [3.63, 3.8) is 0 Å². The van der Waals surface area contributed by atoms with Gasteiger partial charge >= 0.3 is 0 Å². The topological polar surface area (TPSA) is 54.0 Å². The fourth-order valence-corrected chi connectivity index (χ4v) is 4.90. The van der Waals surface area contributed by atoms with Crippen LogP contribution in [0.5, 0.6) is 11.5 Å². The Labute approximate surface area is 142 Å². The minimum absolute atomic E-state index is 0.200. The summed E-state index contributed by atoms with van der Waals surface area (Å²) >= 11 is 2.05. The van der Waals surface area contributed by atoms with Gasteiger partial charge in [0, 0.05) is 37.5 Å². The Kier molecular flexibility index (Phi) is 5.69. The first kappa shape index (κ1) is 16.9. The van der Waals surface area contributed by atoms with Gasteiger partial charge in [-0.2, -0.15) is 11.8 Å². The predicted octanol–water partition coefficient (Wildman–Crippen LogP) is 1.70. The van der Waals surface area contributed by atoms with E-state index in [9.17, 15) is 5.11 Å². The fraction of sp³-hybridized carbons (Fsp3) is 0.647. The minimum Gasteiger partial charge on any atom is -0.504 e. The van der Waals surface area contributed by atoms with E-state index in [-0.39, 0.29) is 11.3 Å². The van der Waals surface area contributed by atoms with E-state index in [1.807, 2.05) is 23.9 Å². The second-order valence-electron chi connectivity index (χ2n) is 6.24. The van der Waals surface area contributed by atoms with E-state index >= 15 is 0 Å². The number of phenolic OH excluding ortho intramolecular Hbond substituents is 1. The number of benzene rings is 1. The zero-order valence-electron chi connectivity index (χ0n) is 13.7. The summed E-state index contributed by atoms with van der Waals surface area (Å²) in [5, 5.41) is 13.5. The first-order valence-electron chi connectivity index (χ1n) is 8.21. The van der Waals surface area contributed by atoms with Crippen LogP contribution < -0.4 is 10.1 Å². The third-order valence-electron chi connectivity index (χ3n) is 4.79. The highest BCUT2D eigenvalue weighted by molar-refractivity contribution is 7.99. The molecule has 2 saturated heterocycles. The van der Waals surface area contributed by atoms with Crippen molar-refractivity contribution in [2.75, 3.05) is 51.5 Å². The van der Waals surface area contributed by atoms with Gasteiger partial charge in [0.25, 0.3) is 0 Å². The lowest BCUT2D eigenvalue weighted by Crippen LogP contribution is -2.58. The summed E-state index contributed by atoms with van der Waals surface area (Å²) in [6, 6.07) is 5.59. The second kappa shape index (κ2) is 7.75. The molecule has 0 aromatic heterocycles. The molecule has 6 heteroatoms. The highest BCUT2D eigenvalue weighted by Crippen LogP contribution is 2.33. The largest absolute Gasteiger partial charge is 0.504 e. The minimum atomic E-state index is 0.200. The third kappa shape index (κ3) is 3.94. The number of rotatable bonds is 6. The average molecular weight is 338 g/mol. The maximum absolute atomic E-state index is 9.88. The molecular weight excluding hydrogens is 312 g/mol. The van der Waals surface area contributed by atoms with Crippen LogP contribution in [0, 0.1) is 0 Å². The van der Waals surface area contributed by atoms with Crippen molar-refractivity contribution < 1.29 is 14.6 Å². The number of nitrogens with zero attached hydrogens (tertiary/aromatic N) is 1. The maximum Gasteiger partial charge on any atom is 0.160 e. The molecule has 3 rings (SSSR count). The van der Waals surface area contributed by atoms with Crippen molar-refractivity contribution in [1.82, 2.24) is 10.2 Å². The lowest BCUT2D eigenvalue weighted by molar-refractivity contribution is -0.0134. The summed E-state index contributed by atoms with van der Waals surface area (Å²) in [7, 11) is 1.57. The number of thioether (sulfide) groups is 1. The molecule has 128 valence electrons. The lowest BCUT2D eigenvalue weighted by atomic mass is 9.95. The summed E-state index contributed by atoms with van der Waals surface area (Å²) in [5.41, 5.74) is 1.33. The third-order valence-corrected chi connectivity index (χ3v) is 6.03. The lowest BCUT2D eigenvalue weighted by Gasteiger charge is -2.43. The van der Waals surface area contributed by atoms with Crippen molar-refractivity contribution >= 4 is 11.8 Å². The molecule has 2 heterocycles. The first-order valence-corrected chi connectivity index (χ1v) is 9.36. The number of nitrogens with one attached hydrogen (secondary N) is 1. The fourth-order valence-electron chi connectivity index (χ4n) is 3.42. The van der Waals surface area contributed by atoms with Crippen molar-refractivity contribution in [3.05, 3.63) is 23.8 Å². The summed E-state index contributed by atoms with van der Waals surface area (Å²) in [6.07, 6.45) is 1.23. The molecule has 5 nitrogen and oxygen atoms in total. The molecule has 2 N–H and O–H groups in total. The number of hydrogen-bond acceptors (Lipinski definition) is 6. The van der Waals surface area contributed by atoms with Crippen LogP contribution in [0.4, 0.5) is 0 Å². The van der Waals surface area contributed by atoms with Crippen molar-refractivity contribution in [2.24, 2.45) is 0 Å². The zero-order valence-corrected chi connectivity index (χ0v) is 14.5. The second-order valence-corrected chi connectivity index (χ2v) is 7.34. The molecule has 0 bridgehead atoms. The first-order chi connectivity index (χ1) is 11.2. The predicted molar refractivity (Wildman–Crippen MR) is 93.4 cm³/mol. The van der Waals surface area contributed by atoms with E-state index in [1.54, 1.807) is 13.2 Å². The molecule has 1 aromatic carbocycles. The van der Waals surface area contributed by atoms with Crippen LogP contribution in [0.15, 0.2) is 18.2 Å². The molecule has 0 saturated carbocycles. The molecule has 0 aliphatic carbocycles. The molecule has 0 spiro atoms. The van der Waals surface area contributed by atoms with E-state index in [0.717, 1.165) is 45.0 Å². The molecule has 0 amide bonds. The summed E-state index contributed by atoms with van der Waals surface area (Å²) in [6.45, 7) is 5.50. The molecule has 1 atom stereocenters. The summed E-state index contributed by atoms with van der Waals surface area (Å²) in [5.74, 6) is 3.15. The van der Waals surface area contributed by atoms with Gasteiger partial charge < -0.3 is 19.9 Å². The van der Waals surface area contributed by atoms with Crippen LogP contribution in [0.25, 0.3) is 0 Å². The van der Waals surface area contributed by atoms with Crippen LogP contribution in [0.2, 0.25) is 0 Å². The van der Waals surface area contributed by atoms with Gasteiger partial charge in [-0.25, -0.2) is 0 Å². The highest BCUT2D eigenvalue weighted by atomic mass is 32.2. The Balaban J connectivity index is 1.58. The van der Waals surface area contributed by atoms with Crippen LogP contribution in [-0.4, -0.2) is 67.0 Å². The van der Waals surface area contributed by atoms with Gasteiger partial charge in [-0.1, -0.05) is 6.07 Å². The van der Waals surface area contributed by atoms with E-state index in [4.69, 9.17) is 9.47 Å². The molecule has 0 radical (unpaired) electrons. The Morgan fingerprint density at radius 2 is 2.22 bits per heavy atom. The number of hydrogen-bond donors (Lipinski definition) is 2. The van der Waals surface area contributed by atoms with Crippen LogP contribution in [0.1, 0.15) is 12.0 Å². The molecular formula is C17H26N2O3S. The standard InChI is InChI=1S/C17H26N2O3S/c1-21-16-3-2-14(10-15(16)20)11-18-12-17(4-9-23-13-17)19-5-7-22-8-6-19/h2-3,10,18,20H,4-9,11-13H2,1H3/t17-/m1/s1. The van der Waals surface area contributed by atoms with Crippen LogP contribution >= 0.6 is 11.8 Å². The van der Waals surface area contributed by atoms with E-state index < -0.39 is 0 Å². The van der Waals surface area contributed by atoms with Gasteiger partial charge in [-0.05, 0) is 29.9 Å². The summed E-state index contributed by atoms with van der Waals surface area (Å²) < 4.78 is 10.6. The highest BCUT2D eigenvalue weighted by Gasteiger charge is 2.40. The summed E-state index contributed by atoms with van der Waals surface area (Å²) in [4.78, 5) is 2.61. The number of phenols is 1. The molecule has 2 aliphatic heterocycles. The molecule has 1 aromatic rings. The van der Waals surface area contributed by atoms with Gasteiger partial charge in [0.1, 0.15) is 0 Å².